The van der Waals surface area contributed by atoms with Crippen molar-refractivity contribution in [2.24, 2.45) is 0 Å². The fraction of sp³-hybridized carbons (Fsp3) is 0.263. The molecule has 23 heavy (non-hydrogen) atoms. The highest BCUT2D eigenvalue weighted by atomic mass is 16.5. The first kappa shape index (κ1) is 16.7. The third-order valence-corrected chi connectivity index (χ3v) is 3.30. The van der Waals surface area contributed by atoms with Gasteiger partial charge in [0.25, 0.3) is 0 Å². The van der Waals surface area contributed by atoms with Crippen LogP contribution < -0.4 is 0 Å². The second kappa shape index (κ2) is 8.13. The zero-order chi connectivity index (χ0) is 16.7. The number of rotatable bonds is 6. The number of ether oxygens (including phenoxy) is 2. The van der Waals surface area contributed by atoms with E-state index in [0.717, 1.165) is 6.42 Å². The van der Waals surface area contributed by atoms with E-state index in [4.69, 9.17) is 9.47 Å². The van der Waals surface area contributed by atoms with Gasteiger partial charge in [-0.3, -0.25) is 0 Å². The summed E-state index contributed by atoms with van der Waals surface area (Å²) < 4.78 is 10.3. The molecule has 0 radical (unpaired) electrons. The van der Waals surface area contributed by atoms with E-state index < -0.39 is 5.97 Å². The lowest BCUT2D eigenvalue weighted by atomic mass is 9.95. The number of hydrogen-bond donors (Lipinski definition) is 0. The van der Waals surface area contributed by atoms with Crippen molar-refractivity contribution in [3.63, 3.8) is 0 Å². The van der Waals surface area contributed by atoms with Gasteiger partial charge in [0, 0.05) is 0 Å². The molecule has 2 rings (SSSR count). The minimum atomic E-state index is -0.403. The van der Waals surface area contributed by atoms with E-state index in [9.17, 15) is 9.59 Å². The fourth-order valence-corrected chi connectivity index (χ4v) is 2.27. The van der Waals surface area contributed by atoms with E-state index in [1.807, 2.05) is 19.1 Å². The van der Waals surface area contributed by atoms with Crippen LogP contribution in [-0.2, 0) is 9.47 Å². The Morgan fingerprint density at radius 2 is 1.26 bits per heavy atom. The topological polar surface area (TPSA) is 52.6 Å². The van der Waals surface area contributed by atoms with E-state index in [-0.39, 0.29) is 5.97 Å². The SMILES string of the molecule is CCCOC(=O)c1ccccc1-c1ccccc1C(=O)OCC. The molecule has 0 fully saturated rings. The first-order valence-corrected chi connectivity index (χ1v) is 7.71. The maximum Gasteiger partial charge on any atom is 0.338 e. The molecule has 120 valence electrons. The molecule has 0 aliphatic heterocycles. The zero-order valence-corrected chi connectivity index (χ0v) is 13.4. The van der Waals surface area contributed by atoms with Crippen molar-refractivity contribution in [3.05, 3.63) is 59.7 Å². The molecule has 0 aliphatic rings. The van der Waals surface area contributed by atoms with Crippen LogP contribution in [0.4, 0.5) is 0 Å². The summed E-state index contributed by atoms with van der Waals surface area (Å²) in [5.74, 6) is -0.791. The van der Waals surface area contributed by atoms with Crippen LogP contribution in [-0.4, -0.2) is 25.2 Å². The van der Waals surface area contributed by atoms with Gasteiger partial charge in [0.15, 0.2) is 0 Å². The highest BCUT2D eigenvalue weighted by Crippen LogP contribution is 2.28. The first-order valence-electron chi connectivity index (χ1n) is 7.71. The van der Waals surface area contributed by atoms with Crippen LogP contribution in [0.15, 0.2) is 48.5 Å². The smallest absolute Gasteiger partial charge is 0.338 e. The lowest BCUT2D eigenvalue weighted by molar-refractivity contribution is 0.0500. The van der Waals surface area contributed by atoms with E-state index in [1.165, 1.54) is 0 Å². The standard InChI is InChI=1S/C19H20O4/c1-3-13-23-19(21)17-12-8-6-10-15(17)14-9-5-7-11-16(14)18(20)22-4-2/h5-12H,3-4,13H2,1-2H3. The van der Waals surface area contributed by atoms with Gasteiger partial charge < -0.3 is 9.47 Å². The van der Waals surface area contributed by atoms with Crippen molar-refractivity contribution in [1.29, 1.82) is 0 Å². The molecular formula is C19H20O4. The van der Waals surface area contributed by atoms with Crippen LogP contribution in [0.2, 0.25) is 0 Å². The lowest BCUT2D eigenvalue weighted by Gasteiger charge is -2.12. The van der Waals surface area contributed by atoms with E-state index >= 15 is 0 Å². The molecule has 0 unspecified atom stereocenters. The number of benzene rings is 2. The third kappa shape index (κ3) is 3.97. The first-order chi connectivity index (χ1) is 11.2. The molecule has 4 nitrogen and oxygen atoms in total. The number of esters is 2. The Hall–Kier alpha value is -2.62. The Kier molecular flexibility index (Phi) is 5.92. The molecule has 0 spiro atoms. The van der Waals surface area contributed by atoms with Gasteiger partial charge in [-0.2, -0.15) is 0 Å². The molecule has 2 aromatic carbocycles. The van der Waals surface area contributed by atoms with Gasteiger partial charge in [0.1, 0.15) is 0 Å². The number of carbonyl (C=O) groups is 2. The van der Waals surface area contributed by atoms with E-state index in [1.54, 1.807) is 43.3 Å². The van der Waals surface area contributed by atoms with Crippen molar-refractivity contribution in [3.8, 4) is 11.1 Å². The Balaban J connectivity index is 2.47. The Morgan fingerprint density at radius 1 is 0.783 bits per heavy atom. The second-order valence-corrected chi connectivity index (χ2v) is 4.95. The molecule has 0 amide bonds. The maximum atomic E-state index is 12.3. The van der Waals surface area contributed by atoms with Crippen LogP contribution >= 0.6 is 0 Å². The average Bonchev–Trinajstić information content (AvgIpc) is 2.60. The summed E-state index contributed by atoms with van der Waals surface area (Å²) in [6, 6.07) is 14.2. The van der Waals surface area contributed by atoms with Gasteiger partial charge in [0.05, 0.1) is 24.3 Å². The molecule has 0 saturated heterocycles. The molecular weight excluding hydrogens is 292 g/mol. The highest BCUT2D eigenvalue weighted by Gasteiger charge is 2.19. The predicted octanol–water partition coefficient (Wildman–Crippen LogP) is 4.10. The number of hydrogen-bond acceptors (Lipinski definition) is 4. The van der Waals surface area contributed by atoms with Crippen molar-refractivity contribution in [2.45, 2.75) is 20.3 Å². The summed E-state index contributed by atoms with van der Waals surface area (Å²) in [6.07, 6.45) is 0.757. The van der Waals surface area contributed by atoms with Crippen molar-refractivity contribution in [1.82, 2.24) is 0 Å². The minimum Gasteiger partial charge on any atom is -0.462 e. The quantitative estimate of drug-likeness (QED) is 0.754. The number of carbonyl (C=O) groups excluding carboxylic acids is 2. The summed E-state index contributed by atoms with van der Waals surface area (Å²) in [4.78, 5) is 24.4. The predicted molar refractivity (Wildman–Crippen MR) is 88.4 cm³/mol. The second-order valence-electron chi connectivity index (χ2n) is 4.95. The van der Waals surface area contributed by atoms with Gasteiger partial charge in [-0.05, 0) is 36.6 Å². The Bertz CT molecular complexity index is 691. The van der Waals surface area contributed by atoms with Crippen molar-refractivity contribution >= 4 is 11.9 Å². The van der Waals surface area contributed by atoms with Gasteiger partial charge in [-0.15, -0.1) is 0 Å². The molecule has 0 bridgehead atoms. The minimum absolute atomic E-state index is 0.299. The van der Waals surface area contributed by atoms with Crippen molar-refractivity contribution in [2.75, 3.05) is 13.2 Å². The lowest BCUT2D eigenvalue weighted by Crippen LogP contribution is -2.10. The summed E-state index contributed by atoms with van der Waals surface area (Å²) in [7, 11) is 0. The monoisotopic (exact) mass is 312 g/mol. The average molecular weight is 312 g/mol. The normalized spacial score (nSPS) is 10.2. The van der Waals surface area contributed by atoms with Crippen LogP contribution in [0, 0.1) is 0 Å². The zero-order valence-electron chi connectivity index (χ0n) is 13.4. The van der Waals surface area contributed by atoms with Gasteiger partial charge in [0.2, 0.25) is 0 Å². The molecule has 0 aliphatic carbocycles. The van der Waals surface area contributed by atoms with E-state index in [2.05, 4.69) is 0 Å². The van der Waals surface area contributed by atoms with Crippen LogP contribution in [0.25, 0.3) is 11.1 Å². The summed E-state index contributed by atoms with van der Waals surface area (Å²) >= 11 is 0. The highest BCUT2D eigenvalue weighted by molar-refractivity contribution is 6.03. The Labute approximate surface area is 136 Å². The summed E-state index contributed by atoms with van der Waals surface area (Å²) in [5.41, 5.74) is 2.20. The largest absolute Gasteiger partial charge is 0.462 e. The van der Waals surface area contributed by atoms with Crippen molar-refractivity contribution < 1.29 is 19.1 Å². The van der Waals surface area contributed by atoms with Crippen LogP contribution in [0.3, 0.4) is 0 Å². The maximum absolute atomic E-state index is 12.3. The molecule has 0 N–H and O–H groups in total. The summed E-state index contributed by atoms with van der Waals surface area (Å²) in [6.45, 7) is 4.37. The van der Waals surface area contributed by atoms with Gasteiger partial charge in [-0.1, -0.05) is 43.3 Å². The molecule has 4 heteroatoms. The Morgan fingerprint density at radius 3 is 1.74 bits per heavy atom. The van der Waals surface area contributed by atoms with Gasteiger partial charge >= 0.3 is 11.9 Å². The molecule has 0 heterocycles. The summed E-state index contributed by atoms with van der Waals surface area (Å²) in [5, 5.41) is 0. The van der Waals surface area contributed by atoms with E-state index in [0.29, 0.717) is 35.5 Å². The molecule has 0 saturated carbocycles. The third-order valence-electron chi connectivity index (χ3n) is 3.30. The van der Waals surface area contributed by atoms with Crippen LogP contribution in [0.5, 0.6) is 0 Å². The van der Waals surface area contributed by atoms with Crippen LogP contribution in [0.1, 0.15) is 41.0 Å². The molecule has 0 aromatic heterocycles. The molecule has 0 atom stereocenters. The molecule has 2 aromatic rings. The fourth-order valence-electron chi connectivity index (χ4n) is 2.27. The van der Waals surface area contributed by atoms with Gasteiger partial charge in [-0.25, -0.2) is 9.59 Å².